The molecule has 1 aliphatic carbocycles. The van der Waals surface area contributed by atoms with Gasteiger partial charge in [0.15, 0.2) is 0 Å². The Morgan fingerprint density at radius 1 is 1.36 bits per heavy atom. The van der Waals surface area contributed by atoms with Crippen molar-refractivity contribution in [3.05, 3.63) is 0 Å². The average Bonchev–Trinajstić information content (AvgIpc) is 2.05. The first-order chi connectivity index (χ1) is 5.24. The molecule has 0 aliphatic heterocycles. The van der Waals surface area contributed by atoms with E-state index in [-0.39, 0.29) is 0 Å². The molecule has 0 radical (unpaired) electrons. The molecule has 11 heavy (non-hydrogen) atoms. The summed E-state index contributed by atoms with van der Waals surface area (Å²) in [7, 11) is 0. The van der Waals surface area contributed by atoms with Crippen molar-refractivity contribution >= 4 is 16.8 Å². The van der Waals surface area contributed by atoms with Gasteiger partial charge >= 0.3 is 0 Å². The normalized spacial score (nSPS) is 33.8. The molecule has 0 aromatic heterocycles. The van der Waals surface area contributed by atoms with Crippen molar-refractivity contribution < 1.29 is 5.21 Å². The number of halogens is 1. The molecule has 0 spiro atoms. The zero-order chi connectivity index (χ0) is 8.27. The third-order valence-corrected chi connectivity index (χ3v) is 2.83. The summed E-state index contributed by atoms with van der Waals surface area (Å²) < 4.78 is 0. The fourth-order valence-electron chi connectivity index (χ4n) is 1.58. The summed E-state index contributed by atoms with van der Waals surface area (Å²) in [6, 6.07) is 0. The lowest BCUT2D eigenvalue weighted by Crippen LogP contribution is -2.17. The summed E-state index contributed by atoms with van der Waals surface area (Å²) in [5, 5.41) is 11.8. The van der Waals surface area contributed by atoms with Crippen LogP contribution in [0.2, 0.25) is 0 Å². The molecule has 0 heterocycles. The highest BCUT2D eigenvalue weighted by molar-refractivity contribution is 6.65. The highest BCUT2D eigenvalue weighted by Crippen LogP contribution is 2.29. The number of oxime groups is 1. The van der Waals surface area contributed by atoms with Gasteiger partial charge in [0.1, 0.15) is 5.17 Å². The lowest BCUT2D eigenvalue weighted by molar-refractivity contribution is 0.303. The molecule has 64 valence electrons. The van der Waals surface area contributed by atoms with Crippen LogP contribution in [0.15, 0.2) is 5.16 Å². The number of hydrogen-bond acceptors (Lipinski definition) is 2. The van der Waals surface area contributed by atoms with Crippen LogP contribution in [-0.4, -0.2) is 10.4 Å². The maximum Gasteiger partial charge on any atom is 0.148 e. The maximum absolute atomic E-state index is 8.41. The Morgan fingerprint density at radius 2 is 1.91 bits per heavy atom. The second-order valence-electron chi connectivity index (χ2n) is 3.38. The van der Waals surface area contributed by atoms with E-state index in [2.05, 4.69) is 12.1 Å². The van der Waals surface area contributed by atoms with Crippen LogP contribution in [0.1, 0.15) is 32.6 Å². The number of nitrogens with zero attached hydrogens (tertiary/aromatic N) is 1. The van der Waals surface area contributed by atoms with Gasteiger partial charge in [-0.3, -0.25) is 0 Å². The Labute approximate surface area is 72.2 Å². The van der Waals surface area contributed by atoms with E-state index in [9.17, 15) is 0 Å². The standard InChI is InChI=1S/C8H14ClNO/c1-6-2-4-7(5-3-6)8(9)10-11/h6-7,11H,2-5H2,1H3. The Bertz CT molecular complexity index is 150. The highest BCUT2D eigenvalue weighted by atomic mass is 35.5. The van der Waals surface area contributed by atoms with E-state index in [1.54, 1.807) is 0 Å². The molecular weight excluding hydrogens is 162 g/mol. The lowest BCUT2D eigenvalue weighted by atomic mass is 9.83. The van der Waals surface area contributed by atoms with Gasteiger partial charge in [0.25, 0.3) is 0 Å². The summed E-state index contributed by atoms with van der Waals surface area (Å²) in [5.74, 6) is 1.13. The minimum atomic E-state index is 0.317. The first kappa shape index (κ1) is 8.85. The van der Waals surface area contributed by atoms with Crippen molar-refractivity contribution in [3.63, 3.8) is 0 Å². The first-order valence-electron chi connectivity index (χ1n) is 4.11. The molecule has 1 N–H and O–H groups in total. The largest absolute Gasteiger partial charge is 0.410 e. The quantitative estimate of drug-likeness (QED) is 0.371. The second-order valence-corrected chi connectivity index (χ2v) is 3.77. The zero-order valence-corrected chi connectivity index (χ0v) is 7.51. The summed E-state index contributed by atoms with van der Waals surface area (Å²) in [5.41, 5.74) is 0. The van der Waals surface area contributed by atoms with Crippen LogP contribution in [0.4, 0.5) is 0 Å². The van der Waals surface area contributed by atoms with Crippen LogP contribution in [0.25, 0.3) is 0 Å². The molecule has 1 fully saturated rings. The summed E-state index contributed by atoms with van der Waals surface area (Å²) >= 11 is 5.69. The van der Waals surface area contributed by atoms with Gasteiger partial charge in [-0.15, -0.1) is 0 Å². The number of hydrogen-bond donors (Lipinski definition) is 1. The topological polar surface area (TPSA) is 32.6 Å². The Morgan fingerprint density at radius 3 is 2.36 bits per heavy atom. The lowest BCUT2D eigenvalue weighted by Gasteiger charge is -2.24. The molecule has 1 aliphatic rings. The molecule has 0 atom stereocenters. The molecule has 0 aromatic rings. The van der Waals surface area contributed by atoms with Gasteiger partial charge in [-0.2, -0.15) is 0 Å². The molecule has 0 unspecified atom stereocenters. The smallest absolute Gasteiger partial charge is 0.148 e. The zero-order valence-electron chi connectivity index (χ0n) is 6.76. The third kappa shape index (κ3) is 2.37. The van der Waals surface area contributed by atoms with Crippen LogP contribution >= 0.6 is 11.6 Å². The van der Waals surface area contributed by atoms with Crippen molar-refractivity contribution in [3.8, 4) is 0 Å². The van der Waals surface area contributed by atoms with Gasteiger partial charge in [-0.1, -0.05) is 36.5 Å². The van der Waals surface area contributed by atoms with E-state index < -0.39 is 0 Å². The average molecular weight is 176 g/mol. The fourth-order valence-corrected chi connectivity index (χ4v) is 1.80. The van der Waals surface area contributed by atoms with E-state index in [1.807, 2.05) is 0 Å². The van der Waals surface area contributed by atoms with E-state index in [0.29, 0.717) is 11.1 Å². The van der Waals surface area contributed by atoms with Gasteiger partial charge in [0, 0.05) is 5.92 Å². The third-order valence-electron chi connectivity index (χ3n) is 2.45. The van der Waals surface area contributed by atoms with Crippen molar-refractivity contribution in [2.75, 3.05) is 0 Å². The molecule has 0 saturated heterocycles. The van der Waals surface area contributed by atoms with Crippen molar-refractivity contribution in [2.45, 2.75) is 32.6 Å². The van der Waals surface area contributed by atoms with Crippen LogP contribution in [-0.2, 0) is 0 Å². The second kappa shape index (κ2) is 3.96. The van der Waals surface area contributed by atoms with Crippen LogP contribution in [0.3, 0.4) is 0 Å². The first-order valence-corrected chi connectivity index (χ1v) is 4.49. The fraction of sp³-hybridized carbons (Fsp3) is 0.875. The van der Waals surface area contributed by atoms with Gasteiger partial charge in [-0.25, -0.2) is 0 Å². The molecular formula is C8H14ClNO. The minimum absolute atomic E-state index is 0.317. The molecule has 3 heteroatoms. The van der Waals surface area contributed by atoms with Gasteiger partial charge in [-0.05, 0) is 18.8 Å². The Hall–Kier alpha value is -0.240. The van der Waals surface area contributed by atoms with E-state index in [1.165, 1.54) is 12.8 Å². The van der Waals surface area contributed by atoms with Gasteiger partial charge in [0.2, 0.25) is 0 Å². The highest BCUT2D eigenvalue weighted by Gasteiger charge is 2.21. The van der Waals surface area contributed by atoms with Gasteiger partial charge in [0.05, 0.1) is 0 Å². The van der Waals surface area contributed by atoms with Gasteiger partial charge < -0.3 is 5.21 Å². The molecule has 0 aromatic carbocycles. The van der Waals surface area contributed by atoms with Crippen LogP contribution in [0.5, 0.6) is 0 Å². The van der Waals surface area contributed by atoms with Crippen LogP contribution in [0, 0.1) is 11.8 Å². The molecule has 1 rings (SSSR count). The van der Waals surface area contributed by atoms with E-state index >= 15 is 0 Å². The molecule has 1 saturated carbocycles. The molecule has 0 bridgehead atoms. The predicted octanol–water partition coefficient (Wildman–Crippen LogP) is 2.84. The van der Waals surface area contributed by atoms with Crippen LogP contribution < -0.4 is 0 Å². The van der Waals surface area contributed by atoms with Crippen molar-refractivity contribution in [1.82, 2.24) is 0 Å². The molecule has 0 amide bonds. The maximum atomic E-state index is 8.41. The summed E-state index contributed by atoms with van der Waals surface area (Å²) in [4.78, 5) is 0. The summed E-state index contributed by atoms with van der Waals surface area (Å²) in [6.07, 6.45) is 4.56. The predicted molar refractivity (Wildman–Crippen MR) is 46.2 cm³/mol. The van der Waals surface area contributed by atoms with Crippen molar-refractivity contribution in [2.24, 2.45) is 17.0 Å². The molecule has 2 nitrogen and oxygen atoms in total. The number of rotatable bonds is 1. The summed E-state index contributed by atoms with van der Waals surface area (Å²) in [6.45, 7) is 2.25. The Kier molecular flexibility index (Phi) is 3.18. The SMILES string of the molecule is CC1CCC(C(Cl)=NO)CC1. The minimum Gasteiger partial charge on any atom is -0.410 e. The monoisotopic (exact) mass is 175 g/mol. The van der Waals surface area contributed by atoms with E-state index in [4.69, 9.17) is 16.8 Å². The van der Waals surface area contributed by atoms with E-state index in [0.717, 1.165) is 18.8 Å². The van der Waals surface area contributed by atoms with Crippen molar-refractivity contribution in [1.29, 1.82) is 0 Å². The Balaban J connectivity index is 2.39.